The number of nitrogens with one attached hydrogen (secondary N) is 1. The predicted octanol–water partition coefficient (Wildman–Crippen LogP) is 2.32. The molecule has 9 heteroatoms. The number of nitrogens with zero attached hydrogens (tertiary/aromatic N) is 2. The van der Waals surface area contributed by atoms with E-state index in [-0.39, 0.29) is 22.3 Å². The van der Waals surface area contributed by atoms with Gasteiger partial charge in [0.25, 0.3) is 0 Å². The molecule has 0 aliphatic heterocycles. The SMILES string of the molecule is Nc1nc(-c2c[nH]c3c(F)cc(F)cc23)nc(C(=O)O)c1F. The van der Waals surface area contributed by atoms with Crippen molar-refractivity contribution in [1.29, 1.82) is 0 Å². The van der Waals surface area contributed by atoms with E-state index in [2.05, 4.69) is 15.0 Å². The number of carboxylic acid groups (broad SMARTS) is 1. The van der Waals surface area contributed by atoms with E-state index in [1.807, 2.05) is 0 Å². The number of benzene rings is 1. The first kappa shape index (κ1) is 13.9. The number of aromatic carboxylic acids is 1. The molecular weight excluding hydrogens is 301 g/mol. The van der Waals surface area contributed by atoms with Crippen LogP contribution < -0.4 is 5.73 Å². The van der Waals surface area contributed by atoms with E-state index in [0.717, 1.165) is 6.07 Å². The van der Waals surface area contributed by atoms with Gasteiger partial charge < -0.3 is 15.8 Å². The number of H-pyrrole nitrogens is 1. The number of halogens is 3. The monoisotopic (exact) mass is 308 g/mol. The van der Waals surface area contributed by atoms with Gasteiger partial charge in [-0.2, -0.15) is 0 Å². The molecule has 3 rings (SSSR count). The Balaban J connectivity index is 2.31. The van der Waals surface area contributed by atoms with E-state index in [0.29, 0.717) is 6.07 Å². The van der Waals surface area contributed by atoms with Crippen LogP contribution >= 0.6 is 0 Å². The molecule has 0 saturated heterocycles. The molecule has 6 nitrogen and oxygen atoms in total. The van der Waals surface area contributed by atoms with E-state index in [4.69, 9.17) is 10.8 Å². The van der Waals surface area contributed by atoms with Crippen LogP contribution in [0.15, 0.2) is 18.3 Å². The largest absolute Gasteiger partial charge is 0.476 e. The molecule has 1 aromatic carbocycles. The van der Waals surface area contributed by atoms with Gasteiger partial charge in [0.05, 0.1) is 5.52 Å². The Hall–Kier alpha value is -3.10. The fourth-order valence-electron chi connectivity index (χ4n) is 2.07. The summed E-state index contributed by atoms with van der Waals surface area (Å²) < 4.78 is 40.5. The van der Waals surface area contributed by atoms with Gasteiger partial charge in [0, 0.05) is 23.2 Å². The number of anilines is 1. The first-order valence-corrected chi connectivity index (χ1v) is 5.91. The van der Waals surface area contributed by atoms with Crippen LogP contribution in [-0.4, -0.2) is 26.0 Å². The third kappa shape index (κ3) is 2.03. The zero-order valence-corrected chi connectivity index (χ0v) is 10.7. The second-order valence-electron chi connectivity index (χ2n) is 4.41. The van der Waals surface area contributed by atoms with Gasteiger partial charge >= 0.3 is 5.97 Å². The molecule has 4 N–H and O–H groups in total. The van der Waals surface area contributed by atoms with Gasteiger partial charge in [-0.1, -0.05) is 0 Å². The summed E-state index contributed by atoms with van der Waals surface area (Å²) in [4.78, 5) is 20.7. The number of carbonyl (C=O) groups is 1. The highest BCUT2D eigenvalue weighted by molar-refractivity contribution is 5.95. The second-order valence-corrected chi connectivity index (χ2v) is 4.41. The Morgan fingerprint density at radius 1 is 1.23 bits per heavy atom. The Kier molecular flexibility index (Phi) is 2.98. The van der Waals surface area contributed by atoms with E-state index < -0.39 is 34.9 Å². The van der Waals surface area contributed by atoms with Gasteiger partial charge in [0.1, 0.15) is 11.6 Å². The van der Waals surface area contributed by atoms with Crippen molar-refractivity contribution in [2.45, 2.75) is 0 Å². The number of nitrogen functional groups attached to an aromatic ring is 1. The van der Waals surface area contributed by atoms with Crippen molar-refractivity contribution in [3.63, 3.8) is 0 Å². The van der Waals surface area contributed by atoms with Crippen molar-refractivity contribution in [1.82, 2.24) is 15.0 Å². The number of nitrogens with two attached hydrogens (primary N) is 1. The van der Waals surface area contributed by atoms with Crippen LogP contribution in [0.2, 0.25) is 0 Å². The topological polar surface area (TPSA) is 105 Å². The van der Waals surface area contributed by atoms with E-state index in [1.165, 1.54) is 6.20 Å². The third-order valence-corrected chi connectivity index (χ3v) is 3.03. The highest BCUT2D eigenvalue weighted by atomic mass is 19.1. The molecule has 0 fully saturated rings. The van der Waals surface area contributed by atoms with Crippen LogP contribution in [0, 0.1) is 17.5 Å². The summed E-state index contributed by atoms with van der Waals surface area (Å²) in [5.74, 6) is -5.51. The molecule has 0 bridgehead atoms. The molecule has 2 heterocycles. The Morgan fingerprint density at radius 3 is 2.64 bits per heavy atom. The maximum atomic E-state index is 13.6. The lowest BCUT2D eigenvalue weighted by atomic mass is 10.1. The van der Waals surface area contributed by atoms with E-state index >= 15 is 0 Å². The highest BCUT2D eigenvalue weighted by Gasteiger charge is 2.21. The highest BCUT2D eigenvalue weighted by Crippen LogP contribution is 2.29. The predicted molar refractivity (Wildman–Crippen MR) is 70.6 cm³/mol. The molecule has 0 radical (unpaired) electrons. The summed E-state index contributed by atoms with van der Waals surface area (Å²) in [5, 5.41) is 8.98. The molecule has 0 spiro atoms. The molecule has 2 aromatic heterocycles. The lowest BCUT2D eigenvalue weighted by molar-refractivity contribution is 0.0685. The van der Waals surface area contributed by atoms with Crippen molar-refractivity contribution < 1.29 is 23.1 Å². The number of hydrogen-bond donors (Lipinski definition) is 3. The lowest BCUT2D eigenvalue weighted by Gasteiger charge is -2.04. The number of aromatic nitrogens is 3. The normalized spacial score (nSPS) is 11.0. The minimum atomic E-state index is -1.63. The van der Waals surface area contributed by atoms with E-state index in [1.54, 1.807) is 0 Å². The molecule has 0 aliphatic carbocycles. The average Bonchev–Trinajstić information content (AvgIpc) is 2.85. The maximum Gasteiger partial charge on any atom is 0.357 e. The number of fused-ring (bicyclic) bond motifs is 1. The third-order valence-electron chi connectivity index (χ3n) is 3.03. The lowest BCUT2D eigenvalue weighted by Crippen LogP contribution is -2.10. The Morgan fingerprint density at radius 2 is 1.95 bits per heavy atom. The van der Waals surface area contributed by atoms with Crippen molar-refractivity contribution in [2.75, 3.05) is 5.73 Å². The standard InChI is InChI=1S/C13H7F3N4O2/c14-4-1-5-6(3-18-9(5)7(15)2-4)12-19-10(13(21)22)8(16)11(17)20-12/h1-3,18H,(H,21,22)(H2,17,19,20). The summed E-state index contributed by atoms with van der Waals surface area (Å²) in [6.45, 7) is 0. The molecule has 0 unspecified atom stereocenters. The average molecular weight is 308 g/mol. The minimum absolute atomic E-state index is 0.0141. The fraction of sp³-hybridized carbons (Fsp3) is 0. The molecule has 0 aliphatic rings. The van der Waals surface area contributed by atoms with Crippen molar-refractivity contribution in [3.05, 3.63) is 41.5 Å². The van der Waals surface area contributed by atoms with Crippen LogP contribution in [0.1, 0.15) is 10.5 Å². The maximum absolute atomic E-state index is 13.6. The van der Waals surface area contributed by atoms with Crippen molar-refractivity contribution in [2.24, 2.45) is 0 Å². The quantitative estimate of drug-likeness (QED) is 0.674. The van der Waals surface area contributed by atoms with Gasteiger partial charge in [-0.15, -0.1) is 0 Å². The summed E-state index contributed by atoms with van der Waals surface area (Å²) in [6, 6.07) is 1.71. The number of carboxylic acids is 1. The van der Waals surface area contributed by atoms with Crippen LogP contribution in [0.5, 0.6) is 0 Å². The number of aromatic amines is 1. The van der Waals surface area contributed by atoms with E-state index in [9.17, 15) is 18.0 Å². The first-order valence-electron chi connectivity index (χ1n) is 5.91. The van der Waals surface area contributed by atoms with Gasteiger partial charge in [-0.25, -0.2) is 27.9 Å². The summed E-state index contributed by atoms with van der Waals surface area (Å²) in [7, 11) is 0. The zero-order valence-electron chi connectivity index (χ0n) is 10.7. The molecule has 3 aromatic rings. The van der Waals surface area contributed by atoms with Crippen molar-refractivity contribution >= 4 is 22.7 Å². The Labute approximate surface area is 120 Å². The number of rotatable bonds is 2. The number of hydrogen-bond acceptors (Lipinski definition) is 4. The zero-order chi connectivity index (χ0) is 16.0. The summed E-state index contributed by atoms with van der Waals surface area (Å²) in [6.07, 6.45) is 1.26. The smallest absolute Gasteiger partial charge is 0.357 e. The molecule has 22 heavy (non-hydrogen) atoms. The van der Waals surface area contributed by atoms with Gasteiger partial charge in [0.2, 0.25) is 0 Å². The van der Waals surface area contributed by atoms with Gasteiger partial charge in [0.15, 0.2) is 23.2 Å². The molecule has 112 valence electrons. The van der Waals surface area contributed by atoms with Crippen molar-refractivity contribution in [3.8, 4) is 11.4 Å². The first-order chi connectivity index (χ1) is 10.4. The summed E-state index contributed by atoms with van der Waals surface area (Å²) >= 11 is 0. The summed E-state index contributed by atoms with van der Waals surface area (Å²) in [5.41, 5.74) is 4.48. The van der Waals surface area contributed by atoms with Crippen LogP contribution in [0.25, 0.3) is 22.3 Å². The van der Waals surface area contributed by atoms with Crippen LogP contribution in [0.4, 0.5) is 19.0 Å². The van der Waals surface area contributed by atoms with Gasteiger partial charge in [-0.05, 0) is 6.07 Å². The minimum Gasteiger partial charge on any atom is -0.476 e. The fourth-order valence-corrected chi connectivity index (χ4v) is 2.07. The van der Waals surface area contributed by atoms with Crippen LogP contribution in [-0.2, 0) is 0 Å². The Bertz CT molecular complexity index is 923. The molecule has 0 saturated carbocycles. The molecule has 0 amide bonds. The van der Waals surface area contributed by atoms with Crippen LogP contribution in [0.3, 0.4) is 0 Å². The molecular formula is C13H7F3N4O2. The molecule has 0 atom stereocenters. The van der Waals surface area contributed by atoms with Gasteiger partial charge in [-0.3, -0.25) is 0 Å². The second kappa shape index (κ2) is 4.72.